The molecule has 2 rings (SSSR count). The van der Waals surface area contributed by atoms with E-state index in [1.54, 1.807) is 0 Å². The Balaban J connectivity index is 1.80. The quantitative estimate of drug-likeness (QED) is 0.486. The Morgan fingerprint density at radius 3 is 2.38 bits per heavy atom. The number of amides is 2. The van der Waals surface area contributed by atoms with Gasteiger partial charge in [-0.2, -0.15) is 0 Å². The number of benzene rings is 2. The minimum Gasteiger partial charge on any atom is -0.467 e. The Labute approximate surface area is 187 Å². The standard InChI is InChI=1S/C24H30N2O6/c1-16-9-10-19(11-17(16)2)12-21(23(29)31-3)26-22(28)13-20(27)14-25-24(30)32-15-18-7-5-4-6-8-18/h4-11,20-21,27H,12-15H2,1-3H3,(H,25,30)(H,26,28)/t20-,21+/m0/s1. The number of rotatable bonds is 10. The van der Waals surface area contributed by atoms with Gasteiger partial charge in [0.15, 0.2) is 0 Å². The van der Waals surface area contributed by atoms with E-state index in [4.69, 9.17) is 9.47 Å². The lowest BCUT2D eigenvalue weighted by atomic mass is 10.0. The van der Waals surface area contributed by atoms with Crippen LogP contribution in [0.5, 0.6) is 0 Å². The normalized spacial score (nSPS) is 12.4. The molecule has 8 heteroatoms. The lowest BCUT2D eigenvalue weighted by Crippen LogP contribution is -2.45. The van der Waals surface area contributed by atoms with Crippen molar-refractivity contribution in [1.29, 1.82) is 0 Å². The summed E-state index contributed by atoms with van der Waals surface area (Å²) in [6.07, 6.45) is -1.87. The lowest BCUT2D eigenvalue weighted by Gasteiger charge is -2.18. The molecule has 32 heavy (non-hydrogen) atoms. The number of nitrogens with one attached hydrogen (secondary N) is 2. The van der Waals surface area contributed by atoms with Crippen molar-refractivity contribution >= 4 is 18.0 Å². The largest absolute Gasteiger partial charge is 0.467 e. The third-order valence-corrected chi connectivity index (χ3v) is 4.95. The van der Waals surface area contributed by atoms with Gasteiger partial charge in [0.1, 0.15) is 12.6 Å². The number of methoxy groups -OCH3 is 1. The average molecular weight is 443 g/mol. The van der Waals surface area contributed by atoms with Crippen LogP contribution >= 0.6 is 0 Å². The summed E-state index contributed by atoms with van der Waals surface area (Å²) in [4.78, 5) is 36.2. The van der Waals surface area contributed by atoms with Crippen molar-refractivity contribution in [3.63, 3.8) is 0 Å². The molecule has 0 saturated carbocycles. The zero-order valence-corrected chi connectivity index (χ0v) is 18.6. The Kier molecular flexibility index (Phi) is 9.69. The molecule has 2 aromatic rings. The summed E-state index contributed by atoms with van der Waals surface area (Å²) in [7, 11) is 1.25. The molecule has 0 spiro atoms. The van der Waals surface area contributed by atoms with E-state index < -0.39 is 30.1 Å². The first-order chi connectivity index (χ1) is 15.3. The summed E-state index contributed by atoms with van der Waals surface area (Å²) < 4.78 is 9.85. The first-order valence-corrected chi connectivity index (χ1v) is 10.3. The number of carbonyl (C=O) groups is 3. The minimum atomic E-state index is -1.14. The number of aliphatic hydroxyl groups excluding tert-OH is 1. The molecule has 0 aliphatic heterocycles. The van der Waals surface area contributed by atoms with Gasteiger partial charge in [-0.3, -0.25) is 4.79 Å². The molecule has 2 atom stereocenters. The van der Waals surface area contributed by atoms with Crippen molar-refractivity contribution in [2.24, 2.45) is 0 Å². The Morgan fingerprint density at radius 1 is 1.00 bits per heavy atom. The monoisotopic (exact) mass is 442 g/mol. The molecule has 0 fully saturated rings. The molecule has 2 amide bonds. The molecular formula is C24H30N2O6. The van der Waals surface area contributed by atoms with E-state index >= 15 is 0 Å². The highest BCUT2D eigenvalue weighted by molar-refractivity contribution is 5.85. The van der Waals surface area contributed by atoms with E-state index in [0.29, 0.717) is 0 Å². The Morgan fingerprint density at radius 2 is 1.72 bits per heavy atom. The number of carbonyl (C=O) groups excluding carboxylic acids is 3. The summed E-state index contributed by atoms with van der Waals surface area (Å²) in [6.45, 7) is 3.90. The second-order valence-electron chi connectivity index (χ2n) is 7.57. The Hall–Kier alpha value is -3.39. The maximum absolute atomic E-state index is 12.3. The predicted molar refractivity (Wildman–Crippen MR) is 119 cm³/mol. The van der Waals surface area contributed by atoms with Gasteiger partial charge in [0, 0.05) is 13.0 Å². The molecule has 2 aromatic carbocycles. The second-order valence-corrected chi connectivity index (χ2v) is 7.57. The first-order valence-electron chi connectivity index (χ1n) is 10.3. The topological polar surface area (TPSA) is 114 Å². The summed E-state index contributed by atoms with van der Waals surface area (Å²) in [5, 5.41) is 15.1. The maximum Gasteiger partial charge on any atom is 0.407 e. The van der Waals surface area contributed by atoms with E-state index in [1.807, 2.05) is 62.4 Å². The van der Waals surface area contributed by atoms with Crippen LogP contribution in [-0.2, 0) is 32.1 Å². The zero-order valence-electron chi connectivity index (χ0n) is 18.6. The van der Waals surface area contributed by atoms with Crippen LogP contribution in [0, 0.1) is 13.8 Å². The van der Waals surface area contributed by atoms with Gasteiger partial charge in [0.2, 0.25) is 5.91 Å². The fourth-order valence-corrected chi connectivity index (χ4v) is 3.02. The second kappa shape index (κ2) is 12.5. The van der Waals surface area contributed by atoms with Crippen LogP contribution in [0.4, 0.5) is 4.79 Å². The molecular weight excluding hydrogens is 412 g/mol. The number of alkyl carbamates (subject to hydrolysis) is 1. The average Bonchev–Trinajstić information content (AvgIpc) is 2.78. The van der Waals surface area contributed by atoms with E-state index in [-0.39, 0.29) is 26.0 Å². The van der Waals surface area contributed by atoms with E-state index in [0.717, 1.165) is 22.3 Å². The van der Waals surface area contributed by atoms with Gasteiger partial charge >= 0.3 is 12.1 Å². The van der Waals surface area contributed by atoms with E-state index in [2.05, 4.69) is 10.6 Å². The molecule has 0 bridgehead atoms. The number of hydrogen-bond donors (Lipinski definition) is 3. The fraction of sp³-hybridized carbons (Fsp3) is 0.375. The van der Waals surface area contributed by atoms with Crippen molar-refractivity contribution in [2.45, 2.75) is 45.4 Å². The third kappa shape index (κ3) is 8.39. The summed E-state index contributed by atoms with van der Waals surface area (Å²) in [6, 6.07) is 14.1. The van der Waals surface area contributed by atoms with Crippen LogP contribution in [0.2, 0.25) is 0 Å². The van der Waals surface area contributed by atoms with Crippen LogP contribution in [0.15, 0.2) is 48.5 Å². The third-order valence-electron chi connectivity index (χ3n) is 4.95. The highest BCUT2D eigenvalue weighted by Crippen LogP contribution is 2.12. The summed E-state index contributed by atoms with van der Waals surface area (Å²) in [5.41, 5.74) is 3.93. The van der Waals surface area contributed by atoms with Gasteiger partial charge in [0.25, 0.3) is 0 Å². The highest BCUT2D eigenvalue weighted by Gasteiger charge is 2.23. The van der Waals surface area contributed by atoms with Crippen molar-refractivity contribution in [3.8, 4) is 0 Å². The van der Waals surface area contributed by atoms with Crippen molar-refractivity contribution in [3.05, 3.63) is 70.8 Å². The van der Waals surface area contributed by atoms with Gasteiger partial charge in [-0.15, -0.1) is 0 Å². The molecule has 0 unspecified atom stereocenters. The SMILES string of the molecule is COC(=O)[C@@H](Cc1ccc(C)c(C)c1)NC(=O)C[C@H](O)CNC(=O)OCc1ccccc1. The van der Waals surface area contributed by atoms with Crippen molar-refractivity contribution in [1.82, 2.24) is 10.6 Å². The molecule has 0 saturated heterocycles. The summed E-state index contributed by atoms with van der Waals surface area (Å²) in [5.74, 6) is -1.11. The zero-order chi connectivity index (χ0) is 23.5. The number of aliphatic hydroxyl groups is 1. The number of esters is 1. The maximum atomic E-state index is 12.3. The summed E-state index contributed by atoms with van der Waals surface area (Å²) >= 11 is 0. The lowest BCUT2D eigenvalue weighted by molar-refractivity contribution is -0.145. The molecule has 8 nitrogen and oxygen atoms in total. The molecule has 172 valence electrons. The molecule has 3 N–H and O–H groups in total. The predicted octanol–water partition coefficient (Wildman–Crippen LogP) is 2.18. The minimum absolute atomic E-state index is 0.0998. The first kappa shape index (κ1) is 24.9. The number of hydrogen-bond acceptors (Lipinski definition) is 6. The van der Waals surface area contributed by atoms with Crippen molar-refractivity contribution in [2.75, 3.05) is 13.7 Å². The van der Waals surface area contributed by atoms with E-state index in [1.165, 1.54) is 7.11 Å². The molecule has 0 aliphatic carbocycles. The number of ether oxygens (including phenoxy) is 2. The molecule has 0 aliphatic rings. The van der Waals surface area contributed by atoms with Crippen LogP contribution < -0.4 is 10.6 Å². The highest BCUT2D eigenvalue weighted by atomic mass is 16.5. The van der Waals surface area contributed by atoms with Gasteiger partial charge < -0.3 is 25.2 Å². The van der Waals surface area contributed by atoms with Crippen LogP contribution in [-0.4, -0.2) is 48.9 Å². The fourth-order valence-electron chi connectivity index (χ4n) is 3.02. The van der Waals surface area contributed by atoms with Crippen LogP contribution in [0.3, 0.4) is 0 Å². The van der Waals surface area contributed by atoms with Gasteiger partial charge in [-0.05, 0) is 36.1 Å². The van der Waals surface area contributed by atoms with Gasteiger partial charge in [-0.25, -0.2) is 9.59 Å². The molecule has 0 heterocycles. The number of aryl methyl sites for hydroxylation is 2. The molecule has 0 radical (unpaired) electrons. The molecule has 0 aromatic heterocycles. The Bertz CT molecular complexity index is 916. The smallest absolute Gasteiger partial charge is 0.407 e. The van der Waals surface area contributed by atoms with Gasteiger partial charge in [0.05, 0.1) is 19.6 Å². The van der Waals surface area contributed by atoms with Gasteiger partial charge in [-0.1, -0.05) is 48.5 Å². The van der Waals surface area contributed by atoms with Crippen molar-refractivity contribution < 1.29 is 29.0 Å². The van der Waals surface area contributed by atoms with Crippen LogP contribution in [0.25, 0.3) is 0 Å². The van der Waals surface area contributed by atoms with E-state index in [9.17, 15) is 19.5 Å². The van der Waals surface area contributed by atoms with Crippen LogP contribution in [0.1, 0.15) is 28.7 Å².